The van der Waals surface area contributed by atoms with Gasteiger partial charge in [-0.3, -0.25) is 9.69 Å². The summed E-state index contributed by atoms with van der Waals surface area (Å²) < 4.78 is 0.970. The molecule has 0 atom stereocenters. The molecule has 0 bridgehead atoms. The average molecular weight is 402 g/mol. The summed E-state index contributed by atoms with van der Waals surface area (Å²) in [6.45, 7) is 5.48. The predicted octanol–water partition coefficient (Wildman–Crippen LogP) is 3.25. The Morgan fingerprint density at radius 3 is 2.40 bits per heavy atom. The molecule has 1 amide bonds. The van der Waals surface area contributed by atoms with Gasteiger partial charge in [-0.1, -0.05) is 52.3 Å². The number of halogens is 1. The van der Waals surface area contributed by atoms with Gasteiger partial charge in [-0.05, 0) is 30.2 Å². The molecule has 2 aromatic rings. The quantitative estimate of drug-likeness (QED) is 0.806. The van der Waals surface area contributed by atoms with Gasteiger partial charge in [0.05, 0.1) is 6.54 Å². The summed E-state index contributed by atoms with van der Waals surface area (Å²) in [5.74, 6) is 0.0517. The van der Waals surface area contributed by atoms with Crippen molar-refractivity contribution in [1.82, 2.24) is 9.80 Å². The highest BCUT2D eigenvalue weighted by molar-refractivity contribution is 9.10. The van der Waals surface area contributed by atoms with E-state index in [1.165, 1.54) is 5.56 Å². The summed E-state index contributed by atoms with van der Waals surface area (Å²) >= 11 is 3.42. The zero-order chi connectivity index (χ0) is 17.5. The molecule has 1 aliphatic rings. The molecule has 0 saturated carbocycles. The first-order chi connectivity index (χ1) is 12.2. The highest BCUT2D eigenvalue weighted by Gasteiger charge is 2.18. The van der Waals surface area contributed by atoms with Crippen LogP contribution in [0, 0.1) is 0 Å². The van der Waals surface area contributed by atoms with Crippen molar-refractivity contribution in [3.05, 3.63) is 64.6 Å². The van der Waals surface area contributed by atoms with Gasteiger partial charge >= 0.3 is 0 Å². The lowest BCUT2D eigenvalue weighted by molar-refractivity contribution is -0.117. The van der Waals surface area contributed by atoms with Crippen molar-refractivity contribution in [2.75, 3.05) is 44.6 Å². The Bertz CT molecular complexity index is 684. The van der Waals surface area contributed by atoms with E-state index in [4.69, 9.17) is 0 Å². The topological polar surface area (TPSA) is 35.6 Å². The Labute approximate surface area is 158 Å². The van der Waals surface area contributed by atoms with Gasteiger partial charge in [-0.2, -0.15) is 0 Å². The molecule has 0 unspecified atom stereocenters. The van der Waals surface area contributed by atoms with Crippen LogP contribution in [-0.4, -0.2) is 55.0 Å². The summed E-state index contributed by atoms with van der Waals surface area (Å²) in [7, 11) is 0. The Kier molecular flexibility index (Phi) is 6.62. The van der Waals surface area contributed by atoms with Crippen LogP contribution in [-0.2, 0) is 11.2 Å². The number of benzene rings is 2. The number of hydrogen-bond donors (Lipinski definition) is 1. The van der Waals surface area contributed by atoms with Gasteiger partial charge in [0.2, 0.25) is 5.91 Å². The van der Waals surface area contributed by atoms with Crippen molar-refractivity contribution in [1.29, 1.82) is 0 Å². The zero-order valence-corrected chi connectivity index (χ0v) is 15.9. The molecule has 1 aliphatic heterocycles. The summed E-state index contributed by atoms with van der Waals surface area (Å²) in [5.41, 5.74) is 2.22. The van der Waals surface area contributed by atoms with Crippen LogP contribution >= 0.6 is 15.9 Å². The van der Waals surface area contributed by atoms with Gasteiger partial charge in [0, 0.05) is 42.9 Å². The summed E-state index contributed by atoms with van der Waals surface area (Å²) in [6, 6.07) is 18.3. The normalized spacial score (nSPS) is 15.9. The standard InChI is InChI=1S/C20H24BrN3O/c21-18-7-4-8-19(15-18)22-20(25)16-24-13-11-23(12-14-24)10-9-17-5-2-1-3-6-17/h1-8,15H,9-14,16H2,(H,22,25). The fourth-order valence-corrected chi connectivity index (χ4v) is 3.47. The number of hydrogen-bond acceptors (Lipinski definition) is 3. The fourth-order valence-electron chi connectivity index (χ4n) is 3.07. The molecule has 0 aromatic heterocycles. The van der Waals surface area contributed by atoms with Crippen LogP contribution in [0.1, 0.15) is 5.56 Å². The molecule has 3 rings (SSSR count). The van der Waals surface area contributed by atoms with E-state index >= 15 is 0 Å². The SMILES string of the molecule is O=C(CN1CCN(CCc2ccccc2)CC1)Nc1cccc(Br)c1. The van der Waals surface area contributed by atoms with Gasteiger partial charge in [0.15, 0.2) is 0 Å². The third-order valence-corrected chi connectivity index (χ3v) is 4.99. The van der Waals surface area contributed by atoms with Crippen LogP contribution in [0.3, 0.4) is 0 Å². The van der Waals surface area contributed by atoms with Crippen molar-refractivity contribution in [3.8, 4) is 0 Å². The number of rotatable bonds is 6. The van der Waals surface area contributed by atoms with Crippen molar-refractivity contribution in [2.24, 2.45) is 0 Å². The van der Waals surface area contributed by atoms with Crippen LogP contribution in [0.5, 0.6) is 0 Å². The summed E-state index contributed by atoms with van der Waals surface area (Å²) in [4.78, 5) is 16.9. The molecule has 0 radical (unpaired) electrons. The third kappa shape index (κ3) is 5.96. The van der Waals surface area contributed by atoms with Gasteiger partial charge in [0.1, 0.15) is 0 Å². The van der Waals surface area contributed by atoms with Crippen LogP contribution < -0.4 is 5.32 Å². The zero-order valence-electron chi connectivity index (χ0n) is 14.3. The van der Waals surface area contributed by atoms with E-state index < -0.39 is 0 Å². The van der Waals surface area contributed by atoms with E-state index in [0.717, 1.165) is 49.3 Å². The largest absolute Gasteiger partial charge is 0.325 e. The van der Waals surface area contributed by atoms with Gasteiger partial charge in [-0.15, -0.1) is 0 Å². The molecule has 1 fully saturated rings. The summed E-state index contributed by atoms with van der Waals surface area (Å²) in [6.07, 6.45) is 1.09. The Morgan fingerprint density at radius 2 is 1.68 bits per heavy atom. The van der Waals surface area contributed by atoms with Crippen LogP contribution in [0.25, 0.3) is 0 Å². The average Bonchev–Trinajstić information content (AvgIpc) is 2.62. The number of carbonyl (C=O) groups excluding carboxylic acids is 1. The second-order valence-corrected chi connectivity index (χ2v) is 7.33. The van der Waals surface area contributed by atoms with E-state index in [9.17, 15) is 4.79 Å². The van der Waals surface area contributed by atoms with E-state index in [1.54, 1.807) is 0 Å². The molecule has 25 heavy (non-hydrogen) atoms. The highest BCUT2D eigenvalue weighted by Crippen LogP contribution is 2.15. The molecule has 2 aromatic carbocycles. The molecule has 1 heterocycles. The molecular formula is C20H24BrN3O. The maximum Gasteiger partial charge on any atom is 0.238 e. The molecule has 0 spiro atoms. The van der Waals surface area contributed by atoms with E-state index in [-0.39, 0.29) is 5.91 Å². The Hall–Kier alpha value is -1.69. The van der Waals surface area contributed by atoms with Crippen LogP contribution in [0.4, 0.5) is 5.69 Å². The number of carbonyl (C=O) groups is 1. The lowest BCUT2D eigenvalue weighted by atomic mass is 10.1. The molecular weight excluding hydrogens is 378 g/mol. The maximum absolute atomic E-state index is 12.2. The van der Waals surface area contributed by atoms with Gasteiger partial charge in [0.25, 0.3) is 0 Å². The number of nitrogens with one attached hydrogen (secondary N) is 1. The lowest BCUT2D eigenvalue weighted by Crippen LogP contribution is -2.49. The second-order valence-electron chi connectivity index (χ2n) is 6.41. The Morgan fingerprint density at radius 1 is 0.960 bits per heavy atom. The third-order valence-electron chi connectivity index (χ3n) is 4.50. The minimum atomic E-state index is 0.0517. The van der Waals surface area contributed by atoms with Crippen LogP contribution in [0.2, 0.25) is 0 Å². The lowest BCUT2D eigenvalue weighted by Gasteiger charge is -2.34. The fraction of sp³-hybridized carbons (Fsp3) is 0.350. The molecule has 1 saturated heterocycles. The van der Waals surface area contributed by atoms with Crippen LogP contribution in [0.15, 0.2) is 59.1 Å². The minimum Gasteiger partial charge on any atom is -0.325 e. The first-order valence-corrected chi connectivity index (χ1v) is 9.52. The highest BCUT2D eigenvalue weighted by atomic mass is 79.9. The number of piperazine rings is 1. The van der Waals surface area contributed by atoms with E-state index in [2.05, 4.69) is 61.4 Å². The number of nitrogens with zero attached hydrogens (tertiary/aromatic N) is 2. The van der Waals surface area contributed by atoms with Crippen molar-refractivity contribution in [3.63, 3.8) is 0 Å². The number of anilines is 1. The van der Waals surface area contributed by atoms with Gasteiger partial charge < -0.3 is 10.2 Å². The van der Waals surface area contributed by atoms with E-state index in [1.807, 2.05) is 24.3 Å². The van der Waals surface area contributed by atoms with E-state index in [0.29, 0.717) is 6.54 Å². The predicted molar refractivity (Wildman–Crippen MR) is 106 cm³/mol. The first-order valence-electron chi connectivity index (χ1n) is 8.73. The molecule has 1 N–H and O–H groups in total. The molecule has 4 nitrogen and oxygen atoms in total. The van der Waals surface area contributed by atoms with Crippen molar-refractivity contribution in [2.45, 2.75) is 6.42 Å². The molecule has 0 aliphatic carbocycles. The molecule has 5 heteroatoms. The minimum absolute atomic E-state index is 0.0517. The number of amides is 1. The van der Waals surface area contributed by atoms with Crippen molar-refractivity contribution < 1.29 is 4.79 Å². The first kappa shape index (κ1) is 18.1. The second kappa shape index (κ2) is 9.13. The van der Waals surface area contributed by atoms with Gasteiger partial charge in [-0.25, -0.2) is 0 Å². The van der Waals surface area contributed by atoms with Crippen molar-refractivity contribution >= 4 is 27.5 Å². The maximum atomic E-state index is 12.2. The summed E-state index contributed by atoms with van der Waals surface area (Å²) in [5, 5.41) is 2.96. The smallest absolute Gasteiger partial charge is 0.238 e. The monoisotopic (exact) mass is 401 g/mol. The Balaban J connectivity index is 1.38. The molecule has 132 valence electrons.